The topological polar surface area (TPSA) is 52.6 Å². The Kier molecular flexibility index (Phi) is 4.35. The fourth-order valence-electron chi connectivity index (χ4n) is 1.99. The third kappa shape index (κ3) is 2.69. The summed E-state index contributed by atoms with van der Waals surface area (Å²) in [6.07, 6.45) is 2.03. The van der Waals surface area contributed by atoms with Gasteiger partial charge in [0.1, 0.15) is 0 Å². The summed E-state index contributed by atoms with van der Waals surface area (Å²) in [5, 5.41) is 11.3. The number of likely N-dealkylation sites (tertiary alicyclic amines) is 1. The zero-order chi connectivity index (χ0) is 10.6. The second-order valence-electron chi connectivity index (χ2n) is 4.00. The average Bonchev–Trinajstić information content (AvgIpc) is 2.62. The maximum atomic E-state index is 11.7. The molecular formula is C10H20N2O2. The Balaban J connectivity index is 2.45. The van der Waals surface area contributed by atoms with Crippen LogP contribution in [-0.4, -0.2) is 47.7 Å². The van der Waals surface area contributed by atoms with Gasteiger partial charge in [-0.3, -0.25) is 9.69 Å². The second kappa shape index (κ2) is 5.32. The largest absolute Gasteiger partial charge is 0.395 e. The Labute approximate surface area is 85.3 Å². The molecule has 1 aliphatic heterocycles. The van der Waals surface area contributed by atoms with Gasteiger partial charge in [0, 0.05) is 12.6 Å². The van der Waals surface area contributed by atoms with Gasteiger partial charge in [-0.2, -0.15) is 0 Å². The van der Waals surface area contributed by atoms with Crippen LogP contribution in [0.2, 0.25) is 0 Å². The van der Waals surface area contributed by atoms with Crippen molar-refractivity contribution in [2.75, 3.05) is 19.7 Å². The molecule has 0 radical (unpaired) electrons. The molecule has 0 aromatic heterocycles. The van der Waals surface area contributed by atoms with Gasteiger partial charge in [-0.05, 0) is 33.2 Å². The minimum atomic E-state index is 0.0140. The molecule has 1 fully saturated rings. The van der Waals surface area contributed by atoms with Gasteiger partial charge in [0.25, 0.3) is 0 Å². The first kappa shape index (κ1) is 11.5. The number of rotatable bonds is 4. The van der Waals surface area contributed by atoms with E-state index in [0.717, 1.165) is 19.4 Å². The van der Waals surface area contributed by atoms with Crippen LogP contribution in [0.5, 0.6) is 0 Å². The third-order valence-electron chi connectivity index (χ3n) is 2.67. The van der Waals surface area contributed by atoms with E-state index in [1.165, 1.54) is 0 Å². The Morgan fingerprint density at radius 3 is 2.93 bits per heavy atom. The van der Waals surface area contributed by atoms with Crippen LogP contribution in [0.3, 0.4) is 0 Å². The number of nitrogens with one attached hydrogen (secondary N) is 1. The quantitative estimate of drug-likeness (QED) is 0.670. The predicted molar refractivity (Wildman–Crippen MR) is 55.0 cm³/mol. The molecule has 1 rings (SSSR count). The number of nitrogens with zero attached hydrogens (tertiary/aromatic N) is 1. The first-order chi connectivity index (χ1) is 6.66. The molecule has 0 aromatic carbocycles. The van der Waals surface area contributed by atoms with Crippen LogP contribution < -0.4 is 5.32 Å². The molecule has 0 spiro atoms. The lowest BCUT2D eigenvalue weighted by atomic mass is 10.2. The maximum Gasteiger partial charge on any atom is 0.237 e. The van der Waals surface area contributed by atoms with Crippen molar-refractivity contribution >= 4 is 5.91 Å². The first-order valence-corrected chi connectivity index (χ1v) is 5.31. The molecule has 0 aromatic rings. The van der Waals surface area contributed by atoms with Crippen LogP contribution in [-0.2, 0) is 4.79 Å². The van der Waals surface area contributed by atoms with Gasteiger partial charge in [-0.25, -0.2) is 0 Å². The van der Waals surface area contributed by atoms with E-state index in [4.69, 9.17) is 5.11 Å². The molecule has 0 saturated carbocycles. The lowest BCUT2D eigenvalue weighted by Crippen LogP contribution is -2.46. The highest BCUT2D eigenvalue weighted by Crippen LogP contribution is 2.19. The number of aliphatic hydroxyl groups is 1. The normalized spacial score (nSPS) is 23.0. The molecule has 0 unspecified atom stereocenters. The second-order valence-corrected chi connectivity index (χ2v) is 4.00. The van der Waals surface area contributed by atoms with Crippen molar-refractivity contribution in [3.05, 3.63) is 0 Å². The zero-order valence-corrected chi connectivity index (χ0v) is 8.99. The van der Waals surface area contributed by atoms with Gasteiger partial charge in [-0.1, -0.05) is 0 Å². The molecular weight excluding hydrogens is 180 g/mol. The molecule has 0 aliphatic carbocycles. The van der Waals surface area contributed by atoms with Crippen molar-refractivity contribution in [1.29, 1.82) is 0 Å². The molecule has 0 bridgehead atoms. The van der Waals surface area contributed by atoms with E-state index in [1.807, 2.05) is 0 Å². The standard InChI is InChI=1S/C10H20N2O2/c1-8(2)12-6-3-4-9(12)10(14)11-5-7-13/h8-9,13H,3-7H2,1-2H3,(H,11,14)/t9-/m0/s1. The van der Waals surface area contributed by atoms with Crippen LogP contribution in [0.1, 0.15) is 26.7 Å². The average molecular weight is 200 g/mol. The smallest absolute Gasteiger partial charge is 0.237 e. The molecule has 4 nitrogen and oxygen atoms in total. The van der Waals surface area contributed by atoms with Crippen molar-refractivity contribution < 1.29 is 9.90 Å². The summed E-state index contributed by atoms with van der Waals surface area (Å²) in [5.74, 6) is 0.0604. The van der Waals surface area contributed by atoms with Crippen molar-refractivity contribution in [3.63, 3.8) is 0 Å². The summed E-state index contributed by atoms with van der Waals surface area (Å²) in [7, 11) is 0. The summed E-state index contributed by atoms with van der Waals surface area (Å²) in [6, 6.07) is 0.434. The van der Waals surface area contributed by atoms with Gasteiger partial charge in [-0.15, -0.1) is 0 Å². The number of amides is 1. The monoisotopic (exact) mass is 200 g/mol. The molecule has 1 saturated heterocycles. The summed E-state index contributed by atoms with van der Waals surface area (Å²) >= 11 is 0. The van der Waals surface area contributed by atoms with E-state index >= 15 is 0 Å². The molecule has 1 amide bonds. The summed E-state index contributed by atoms with van der Waals surface area (Å²) in [4.78, 5) is 13.9. The Bertz CT molecular complexity index is 195. The molecule has 82 valence electrons. The number of hydrogen-bond donors (Lipinski definition) is 2. The Morgan fingerprint density at radius 2 is 2.36 bits per heavy atom. The summed E-state index contributed by atoms with van der Waals surface area (Å²) in [5.41, 5.74) is 0. The van der Waals surface area contributed by atoms with Crippen LogP contribution >= 0.6 is 0 Å². The Morgan fingerprint density at radius 1 is 1.64 bits per heavy atom. The highest BCUT2D eigenvalue weighted by Gasteiger charge is 2.31. The predicted octanol–water partition coefficient (Wildman–Crippen LogP) is -0.0323. The molecule has 4 heteroatoms. The van der Waals surface area contributed by atoms with Crippen molar-refractivity contribution in [2.24, 2.45) is 0 Å². The van der Waals surface area contributed by atoms with Gasteiger partial charge < -0.3 is 10.4 Å². The van der Waals surface area contributed by atoms with E-state index in [-0.39, 0.29) is 18.6 Å². The van der Waals surface area contributed by atoms with E-state index in [9.17, 15) is 4.79 Å². The van der Waals surface area contributed by atoms with Gasteiger partial charge in [0.15, 0.2) is 0 Å². The van der Waals surface area contributed by atoms with Crippen LogP contribution in [0.15, 0.2) is 0 Å². The van der Waals surface area contributed by atoms with Gasteiger partial charge in [0.05, 0.1) is 12.6 Å². The number of aliphatic hydroxyl groups excluding tert-OH is 1. The lowest BCUT2D eigenvalue weighted by molar-refractivity contribution is -0.126. The maximum absolute atomic E-state index is 11.7. The van der Waals surface area contributed by atoms with Gasteiger partial charge >= 0.3 is 0 Å². The zero-order valence-electron chi connectivity index (χ0n) is 8.99. The van der Waals surface area contributed by atoms with Gasteiger partial charge in [0.2, 0.25) is 5.91 Å². The van der Waals surface area contributed by atoms with Crippen LogP contribution in [0.25, 0.3) is 0 Å². The molecule has 1 atom stereocenters. The van der Waals surface area contributed by atoms with Crippen LogP contribution in [0, 0.1) is 0 Å². The van der Waals surface area contributed by atoms with Crippen molar-refractivity contribution in [1.82, 2.24) is 10.2 Å². The van der Waals surface area contributed by atoms with Crippen molar-refractivity contribution in [3.8, 4) is 0 Å². The number of hydrogen-bond acceptors (Lipinski definition) is 3. The molecule has 1 heterocycles. The van der Waals surface area contributed by atoms with E-state index in [0.29, 0.717) is 12.6 Å². The fourth-order valence-corrected chi connectivity index (χ4v) is 1.99. The SMILES string of the molecule is CC(C)N1CCC[C@H]1C(=O)NCCO. The van der Waals surface area contributed by atoms with E-state index in [1.54, 1.807) is 0 Å². The fraction of sp³-hybridized carbons (Fsp3) is 0.900. The molecule has 2 N–H and O–H groups in total. The minimum absolute atomic E-state index is 0.0140. The van der Waals surface area contributed by atoms with Crippen molar-refractivity contribution in [2.45, 2.75) is 38.8 Å². The number of carbonyl (C=O) groups is 1. The first-order valence-electron chi connectivity index (χ1n) is 5.31. The number of carbonyl (C=O) groups excluding carboxylic acids is 1. The molecule has 14 heavy (non-hydrogen) atoms. The summed E-state index contributed by atoms with van der Waals surface area (Å²) in [6.45, 7) is 5.60. The third-order valence-corrected chi connectivity index (χ3v) is 2.67. The molecule has 1 aliphatic rings. The lowest BCUT2D eigenvalue weighted by Gasteiger charge is -2.27. The minimum Gasteiger partial charge on any atom is -0.395 e. The Hall–Kier alpha value is -0.610. The highest BCUT2D eigenvalue weighted by molar-refractivity contribution is 5.82. The summed E-state index contributed by atoms with van der Waals surface area (Å²) < 4.78 is 0. The van der Waals surface area contributed by atoms with E-state index < -0.39 is 0 Å². The van der Waals surface area contributed by atoms with E-state index in [2.05, 4.69) is 24.1 Å². The van der Waals surface area contributed by atoms with Crippen LogP contribution in [0.4, 0.5) is 0 Å². The highest BCUT2D eigenvalue weighted by atomic mass is 16.3.